The number of rotatable bonds is 5. The van der Waals surface area contributed by atoms with Gasteiger partial charge in [-0.25, -0.2) is 4.57 Å². The van der Waals surface area contributed by atoms with Crippen molar-refractivity contribution in [3.05, 3.63) is 63.8 Å². The first-order chi connectivity index (χ1) is 10.0. The second kappa shape index (κ2) is 6.53. The highest BCUT2D eigenvalue weighted by Crippen LogP contribution is 2.21. The second-order valence-corrected chi connectivity index (χ2v) is 5.59. The molecule has 0 saturated carbocycles. The van der Waals surface area contributed by atoms with Gasteiger partial charge in [0.25, 0.3) is 5.91 Å². The van der Waals surface area contributed by atoms with Crippen LogP contribution in [0.2, 0.25) is 0 Å². The van der Waals surface area contributed by atoms with Crippen molar-refractivity contribution in [2.24, 2.45) is 7.05 Å². The van der Waals surface area contributed by atoms with Crippen LogP contribution in [0.25, 0.3) is 0 Å². The van der Waals surface area contributed by atoms with E-state index in [9.17, 15) is 14.9 Å². The number of nitrogens with one attached hydrogen (secondary N) is 1. The standard InChI is InChI=1S/C14H14BrN3O3/c1-17-12(7-8-13(17)18(20)21)14(19)16-9-11(15)10-5-3-2-4-6-10/h2-8,11H,9H2,1H3,(H,16,19). The smallest absolute Gasteiger partial charge is 0.323 e. The first kappa shape index (κ1) is 15.2. The number of benzene rings is 1. The van der Waals surface area contributed by atoms with Gasteiger partial charge in [-0.15, -0.1) is 0 Å². The van der Waals surface area contributed by atoms with Crippen LogP contribution in [-0.4, -0.2) is 21.9 Å². The Balaban J connectivity index is 2.01. The van der Waals surface area contributed by atoms with E-state index in [1.165, 1.54) is 23.7 Å². The van der Waals surface area contributed by atoms with E-state index in [2.05, 4.69) is 21.2 Å². The number of hydrogen-bond donors (Lipinski definition) is 1. The molecule has 6 nitrogen and oxygen atoms in total. The molecule has 1 amide bonds. The van der Waals surface area contributed by atoms with Crippen molar-refractivity contribution in [1.29, 1.82) is 0 Å². The van der Waals surface area contributed by atoms with Gasteiger partial charge >= 0.3 is 5.82 Å². The first-order valence-corrected chi connectivity index (χ1v) is 7.19. The Hall–Kier alpha value is -2.15. The van der Waals surface area contributed by atoms with Gasteiger partial charge in [-0.05, 0) is 16.6 Å². The maximum atomic E-state index is 12.1. The zero-order valence-corrected chi connectivity index (χ0v) is 12.9. The number of carbonyl (C=O) groups is 1. The fraction of sp³-hybridized carbons (Fsp3) is 0.214. The molecular weight excluding hydrogens is 338 g/mol. The van der Waals surface area contributed by atoms with Crippen LogP contribution in [0.1, 0.15) is 20.9 Å². The normalized spacial score (nSPS) is 11.9. The van der Waals surface area contributed by atoms with Gasteiger partial charge in [0.15, 0.2) is 5.69 Å². The summed E-state index contributed by atoms with van der Waals surface area (Å²) in [6.07, 6.45) is 0. The lowest BCUT2D eigenvalue weighted by molar-refractivity contribution is -0.391. The molecule has 7 heteroatoms. The fourth-order valence-corrected chi connectivity index (χ4v) is 2.43. The summed E-state index contributed by atoms with van der Waals surface area (Å²) >= 11 is 3.50. The van der Waals surface area contributed by atoms with Crippen LogP contribution < -0.4 is 5.32 Å². The van der Waals surface area contributed by atoms with Gasteiger partial charge < -0.3 is 15.4 Å². The van der Waals surface area contributed by atoms with Crippen LogP contribution >= 0.6 is 15.9 Å². The van der Waals surface area contributed by atoms with Crippen LogP contribution in [0, 0.1) is 10.1 Å². The molecular formula is C14H14BrN3O3. The van der Waals surface area contributed by atoms with Gasteiger partial charge in [0, 0.05) is 12.6 Å². The number of nitro groups is 1. The van der Waals surface area contributed by atoms with E-state index in [4.69, 9.17) is 0 Å². The molecule has 21 heavy (non-hydrogen) atoms. The molecule has 0 aliphatic rings. The molecule has 0 aliphatic carbocycles. The van der Waals surface area contributed by atoms with Gasteiger partial charge in [-0.1, -0.05) is 46.3 Å². The highest BCUT2D eigenvalue weighted by atomic mass is 79.9. The monoisotopic (exact) mass is 351 g/mol. The van der Waals surface area contributed by atoms with Crippen molar-refractivity contribution in [3.8, 4) is 0 Å². The summed E-state index contributed by atoms with van der Waals surface area (Å²) in [6, 6.07) is 12.4. The van der Waals surface area contributed by atoms with Gasteiger partial charge in [0.2, 0.25) is 0 Å². The number of carbonyl (C=O) groups excluding carboxylic acids is 1. The van der Waals surface area contributed by atoms with E-state index in [0.29, 0.717) is 6.54 Å². The Morgan fingerprint density at radius 3 is 2.57 bits per heavy atom. The molecule has 0 saturated heterocycles. The molecule has 0 fully saturated rings. The molecule has 1 aromatic carbocycles. The summed E-state index contributed by atoms with van der Waals surface area (Å²) in [5.41, 5.74) is 1.31. The molecule has 1 unspecified atom stereocenters. The minimum absolute atomic E-state index is 0.0158. The van der Waals surface area contributed by atoms with Crippen molar-refractivity contribution in [2.45, 2.75) is 4.83 Å². The maximum absolute atomic E-state index is 12.1. The lowest BCUT2D eigenvalue weighted by Crippen LogP contribution is -2.28. The fourth-order valence-electron chi connectivity index (χ4n) is 1.96. The van der Waals surface area contributed by atoms with Crippen molar-refractivity contribution < 1.29 is 9.72 Å². The van der Waals surface area contributed by atoms with Crippen LogP contribution in [0.4, 0.5) is 5.82 Å². The Morgan fingerprint density at radius 1 is 1.33 bits per heavy atom. The third-order valence-electron chi connectivity index (χ3n) is 3.12. The quantitative estimate of drug-likeness (QED) is 0.511. The number of alkyl halides is 1. The molecule has 2 aromatic rings. The lowest BCUT2D eigenvalue weighted by atomic mass is 10.1. The number of aromatic nitrogens is 1. The summed E-state index contributed by atoms with van der Waals surface area (Å²) in [5, 5.41) is 13.5. The zero-order chi connectivity index (χ0) is 15.4. The molecule has 1 atom stereocenters. The van der Waals surface area contributed by atoms with Crippen LogP contribution in [-0.2, 0) is 7.05 Å². The first-order valence-electron chi connectivity index (χ1n) is 6.28. The molecule has 1 aromatic heterocycles. The van der Waals surface area contributed by atoms with Crippen molar-refractivity contribution >= 4 is 27.7 Å². The topological polar surface area (TPSA) is 77.2 Å². The zero-order valence-electron chi connectivity index (χ0n) is 11.3. The van der Waals surface area contributed by atoms with E-state index in [1.807, 2.05) is 30.3 Å². The van der Waals surface area contributed by atoms with Crippen LogP contribution in [0.3, 0.4) is 0 Å². The number of hydrogen-bond acceptors (Lipinski definition) is 3. The second-order valence-electron chi connectivity index (χ2n) is 4.48. The Morgan fingerprint density at radius 2 is 2.00 bits per heavy atom. The highest BCUT2D eigenvalue weighted by Gasteiger charge is 2.21. The predicted octanol–water partition coefficient (Wildman–Crippen LogP) is 2.80. The van der Waals surface area contributed by atoms with Gasteiger partial charge in [-0.3, -0.25) is 4.79 Å². The summed E-state index contributed by atoms with van der Waals surface area (Å²) < 4.78 is 1.26. The van der Waals surface area contributed by atoms with E-state index >= 15 is 0 Å². The molecule has 1 N–H and O–H groups in total. The minimum Gasteiger partial charge on any atom is -0.358 e. The van der Waals surface area contributed by atoms with Crippen LogP contribution in [0.15, 0.2) is 42.5 Å². The number of nitrogens with zero attached hydrogens (tertiary/aromatic N) is 2. The number of halogens is 1. The lowest BCUT2D eigenvalue weighted by Gasteiger charge is -2.11. The Labute approximate surface area is 130 Å². The van der Waals surface area contributed by atoms with E-state index in [-0.39, 0.29) is 22.2 Å². The molecule has 110 valence electrons. The predicted molar refractivity (Wildman–Crippen MR) is 82.5 cm³/mol. The van der Waals surface area contributed by atoms with E-state index in [0.717, 1.165) is 5.56 Å². The van der Waals surface area contributed by atoms with Gasteiger partial charge in [0.05, 0.1) is 11.9 Å². The van der Waals surface area contributed by atoms with Gasteiger partial charge in [-0.2, -0.15) is 0 Å². The molecule has 2 rings (SSSR count). The van der Waals surface area contributed by atoms with Crippen molar-refractivity contribution in [3.63, 3.8) is 0 Å². The molecule has 0 aliphatic heterocycles. The summed E-state index contributed by atoms with van der Waals surface area (Å²) in [7, 11) is 1.50. The molecule has 0 spiro atoms. The molecule has 0 radical (unpaired) electrons. The van der Waals surface area contributed by atoms with Crippen LogP contribution in [0.5, 0.6) is 0 Å². The highest BCUT2D eigenvalue weighted by molar-refractivity contribution is 9.09. The summed E-state index contributed by atoms with van der Waals surface area (Å²) in [5.74, 6) is -0.454. The third-order valence-corrected chi connectivity index (χ3v) is 3.97. The SMILES string of the molecule is Cn1c(C(=O)NCC(Br)c2ccccc2)ccc1[N+](=O)[O-]. The van der Waals surface area contributed by atoms with Crippen molar-refractivity contribution in [2.75, 3.05) is 6.54 Å². The van der Waals surface area contributed by atoms with E-state index < -0.39 is 4.92 Å². The average Bonchev–Trinajstić information content (AvgIpc) is 2.87. The largest absolute Gasteiger partial charge is 0.358 e. The maximum Gasteiger partial charge on any atom is 0.323 e. The summed E-state index contributed by atoms with van der Waals surface area (Å²) in [6.45, 7) is 0.391. The van der Waals surface area contributed by atoms with Crippen molar-refractivity contribution in [1.82, 2.24) is 9.88 Å². The Bertz CT molecular complexity index is 655. The Kier molecular flexibility index (Phi) is 4.74. The molecule has 1 heterocycles. The third kappa shape index (κ3) is 3.49. The van der Waals surface area contributed by atoms with Gasteiger partial charge in [0.1, 0.15) is 0 Å². The number of amides is 1. The average molecular weight is 352 g/mol. The van der Waals surface area contributed by atoms with E-state index in [1.54, 1.807) is 0 Å². The summed E-state index contributed by atoms with van der Waals surface area (Å²) in [4.78, 5) is 22.3. The molecule has 0 bridgehead atoms. The minimum atomic E-state index is -0.520.